The lowest BCUT2D eigenvalue weighted by Gasteiger charge is -2.51. The fraction of sp³-hybridized carbons (Fsp3) is 0.894. The molecular weight excluding hydrogens is 1160 g/mol. The van der Waals surface area contributed by atoms with Crippen LogP contribution in [0.2, 0.25) is 0 Å². The van der Waals surface area contributed by atoms with Crippen molar-refractivity contribution in [3.63, 3.8) is 0 Å². The van der Waals surface area contributed by atoms with Crippen molar-refractivity contribution < 1.29 is 168 Å². The second-order valence-electron chi connectivity index (χ2n) is 21.1. The Morgan fingerprint density at radius 3 is 1.25 bits per heavy atom. The summed E-state index contributed by atoms with van der Waals surface area (Å²) >= 11 is 0. The Bertz CT molecular complexity index is 2220. The fourth-order valence-electron chi connectivity index (χ4n) is 10.8. The number of nitrogens with one attached hydrogen (secondary N) is 4. The van der Waals surface area contributed by atoms with E-state index in [2.05, 4.69) is 21.3 Å². The molecule has 31 atom stereocenters. The van der Waals surface area contributed by atoms with Crippen LogP contribution in [0.5, 0.6) is 0 Å². The third-order valence-electron chi connectivity index (χ3n) is 15.0. The molecule has 0 bridgehead atoms. The lowest BCUT2D eigenvalue weighted by Crippen LogP contribution is -2.71. The Balaban J connectivity index is 1.24. The average Bonchev–Trinajstić information content (AvgIpc) is 3.63. The van der Waals surface area contributed by atoms with Crippen LogP contribution in [-0.4, -0.2) is 351 Å². The van der Waals surface area contributed by atoms with Gasteiger partial charge in [-0.2, -0.15) is 0 Å². The molecular formula is C47H78N4O34. The Labute approximate surface area is 481 Å². The highest BCUT2D eigenvalue weighted by molar-refractivity contribution is 5.77. The normalized spacial score (nSPS) is 45.0. The van der Waals surface area contributed by atoms with Gasteiger partial charge in [-0.05, 0) is 0 Å². The number of hydrogen-bond donors (Lipinski definition) is 22. The molecule has 0 radical (unpaired) electrons. The van der Waals surface area contributed by atoms with E-state index in [1.54, 1.807) is 0 Å². The van der Waals surface area contributed by atoms with Crippen LogP contribution in [-0.2, 0) is 76.1 Å². The lowest BCUT2D eigenvalue weighted by atomic mass is 9.88. The molecule has 0 unspecified atom stereocenters. The second-order valence-corrected chi connectivity index (χ2v) is 21.1. The van der Waals surface area contributed by atoms with Crippen molar-refractivity contribution in [3.05, 3.63) is 0 Å². The molecule has 6 aliphatic heterocycles. The molecule has 0 aliphatic carbocycles. The summed E-state index contributed by atoms with van der Waals surface area (Å²) in [5.74, 6) is -8.65. The van der Waals surface area contributed by atoms with Crippen molar-refractivity contribution in [1.82, 2.24) is 21.3 Å². The molecule has 6 rings (SSSR count). The Hall–Kier alpha value is -3.77. The van der Waals surface area contributed by atoms with Crippen LogP contribution in [0.4, 0.5) is 0 Å². The lowest BCUT2D eigenvalue weighted by molar-refractivity contribution is -0.390. The molecule has 38 heteroatoms. The minimum absolute atomic E-state index is 0.746. The van der Waals surface area contributed by atoms with Gasteiger partial charge in [-0.25, -0.2) is 4.79 Å². The first-order valence-corrected chi connectivity index (χ1v) is 26.7. The Kier molecular flexibility index (Phi) is 24.9. The fourth-order valence-corrected chi connectivity index (χ4v) is 10.8. The molecule has 38 nitrogen and oxygen atoms in total. The van der Waals surface area contributed by atoms with Gasteiger partial charge in [-0.15, -0.1) is 0 Å². The number of rotatable bonds is 23. The Morgan fingerprint density at radius 2 is 0.824 bits per heavy atom. The monoisotopic (exact) mass is 1240 g/mol. The van der Waals surface area contributed by atoms with Gasteiger partial charge in [0.25, 0.3) is 5.79 Å². The number of carbonyl (C=O) groups is 5. The number of aliphatic hydroxyl groups is 17. The minimum Gasteiger partial charge on any atom is -0.477 e. The van der Waals surface area contributed by atoms with E-state index in [1.165, 1.54) is 0 Å². The van der Waals surface area contributed by atoms with E-state index in [0.717, 1.165) is 27.7 Å². The zero-order valence-corrected chi connectivity index (χ0v) is 45.9. The molecule has 22 N–H and O–H groups in total. The van der Waals surface area contributed by atoms with E-state index >= 15 is 0 Å². The zero-order valence-electron chi connectivity index (χ0n) is 45.9. The molecule has 0 spiro atoms. The minimum atomic E-state index is -3.21. The van der Waals surface area contributed by atoms with Crippen LogP contribution < -0.4 is 21.3 Å². The number of amides is 4. The van der Waals surface area contributed by atoms with E-state index in [4.69, 9.17) is 52.1 Å². The molecule has 4 amide bonds. The number of ether oxygens (including phenoxy) is 11. The number of aliphatic carboxylic acids is 1. The van der Waals surface area contributed by atoms with Gasteiger partial charge in [0.2, 0.25) is 23.6 Å². The summed E-state index contributed by atoms with van der Waals surface area (Å²) in [6, 6.07) is -6.90. The van der Waals surface area contributed by atoms with Crippen molar-refractivity contribution in [3.8, 4) is 0 Å². The summed E-state index contributed by atoms with van der Waals surface area (Å²) < 4.78 is 63.4. The maximum Gasteiger partial charge on any atom is 0.364 e. The van der Waals surface area contributed by atoms with E-state index in [-0.39, 0.29) is 0 Å². The standard InChI is InChI=1S/C47H78N4O34/c1-12(58)48-23-16(62)5-47(46(73)74,84-38(23)27(64)17(63)6-52)85-40-30(67)20(9-55)77-45(34(40)71)81-36-22(11-57)79-43(25(32(36)69)50-14(3)60)83-39-29(66)19(8-54)76-44(33(39)70)80-35-21(10-56)78-42(24(31(35)68)49-13(2)59)82-37-26(51-15(4)61)41(72)75-18(7-53)28(37)65/h16-45,52-57,62-72H,5-11H2,1-4H3,(H,48,58)(H,49,59)(H,50,60)(H,51,61)(H,73,74)/t16-,17+,18+,19+,20+,21+,22+,23+,24+,25+,26+,27+,28-,29-,30-,31+,32+,33+,34+,35+,36+,37+,38+,39-,40-,41+,42-,43-,44-,45-,47-/m0/s1. The number of carboxylic acid groups (broad SMARTS) is 1. The molecule has 6 heterocycles. The summed E-state index contributed by atoms with van der Waals surface area (Å²) in [5.41, 5.74) is 0. The van der Waals surface area contributed by atoms with Crippen LogP contribution in [0.1, 0.15) is 34.1 Å². The number of hydrogen-bond acceptors (Lipinski definition) is 33. The summed E-state index contributed by atoms with van der Waals surface area (Å²) in [6.45, 7) is -2.45. The van der Waals surface area contributed by atoms with Crippen LogP contribution in [0, 0.1) is 0 Å². The first-order chi connectivity index (χ1) is 40.0. The van der Waals surface area contributed by atoms with Gasteiger partial charge in [0, 0.05) is 34.1 Å². The van der Waals surface area contributed by atoms with Crippen molar-refractivity contribution in [1.29, 1.82) is 0 Å². The maximum atomic E-state index is 13.0. The predicted octanol–water partition coefficient (Wildman–Crippen LogP) is -14.3. The number of carboxylic acids is 1. The van der Waals surface area contributed by atoms with Gasteiger partial charge in [-0.1, -0.05) is 0 Å². The van der Waals surface area contributed by atoms with Gasteiger partial charge in [0.1, 0.15) is 140 Å². The predicted molar refractivity (Wildman–Crippen MR) is 263 cm³/mol. The van der Waals surface area contributed by atoms with Gasteiger partial charge in [0.05, 0.1) is 51.8 Å². The highest BCUT2D eigenvalue weighted by Gasteiger charge is 2.62. The molecule has 0 aromatic heterocycles. The summed E-state index contributed by atoms with van der Waals surface area (Å²) in [6.07, 6.45) is -53.8. The Morgan fingerprint density at radius 1 is 0.459 bits per heavy atom. The first-order valence-electron chi connectivity index (χ1n) is 26.7. The van der Waals surface area contributed by atoms with Crippen molar-refractivity contribution in [2.75, 3.05) is 39.6 Å². The number of carbonyl (C=O) groups excluding carboxylic acids is 4. The smallest absolute Gasteiger partial charge is 0.364 e. The molecule has 0 saturated carbocycles. The molecule has 0 aromatic rings. The average molecular weight is 1240 g/mol. The topological polar surface area (TPSA) is 599 Å². The molecule has 6 saturated heterocycles. The SMILES string of the molecule is CC(=O)N[C@@H]1[C@@H](O[C@@H]2O[C@H](CO)[C@@H](O[C@@H]3O[C@H](CO)[C@H](O)[C@H](O[C@@H]4O[C@H](CO)[C@@H](O[C@@H]5O[C@H](CO)[C@H](O)[C@H](O[C@]6(C(=O)O)C[C@H](O)[C@@H](NC(C)=O)[C@H]([C@H](O)[C@H](O)CO)O6)[C@H]5O)[C@H](O)[C@H]4NC(C)=O)[C@H]3O)[C@H](O)[C@H]2NC(C)=O)[C@@H](O)[C@@H](CO)O[C@H]1O. The molecule has 6 aliphatic rings. The first kappa shape index (κ1) is 70.3. The molecule has 6 fully saturated rings. The third-order valence-corrected chi connectivity index (χ3v) is 15.0. The zero-order chi connectivity index (χ0) is 63.3. The van der Waals surface area contributed by atoms with E-state index in [1.807, 2.05) is 0 Å². The molecule has 85 heavy (non-hydrogen) atoms. The second kappa shape index (κ2) is 30.2. The van der Waals surface area contributed by atoms with Crippen LogP contribution >= 0.6 is 0 Å². The van der Waals surface area contributed by atoms with Gasteiger partial charge >= 0.3 is 5.97 Å². The largest absolute Gasteiger partial charge is 0.477 e. The van der Waals surface area contributed by atoms with Crippen molar-refractivity contribution in [2.24, 2.45) is 0 Å². The maximum absolute atomic E-state index is 13.0. The van der Waals surface area contributed by atoms with Crippen LogP contribution in [0.15, 0.2) is 0 Å². The summed E-state index contributed by atoms with van der Waals surface area (Å²) in [5, 5.41) is 205. The molecule has 0 aromatic carbocycles. The molecule has 490 valence electrons. The van der Waals surface area contributed by atoms with E-state index < -0.39 is 265 Å². The summed E-state index contributed by atoms with van der Waals surface area (Å²) in [7, 11) is 0. The van der Waals surface area contributed by atoms with Gasteiger partial charge in [0.15, 0.2) is 31.5 Å². The van der Waals surface area contributed by atoms with E-state index in [0.29, 0.717) is 0 Å². The van der Waals surface area contributed by atoms with Crippen molar-refractivity contribution in [2.45, 2.75) is 224 Å². The van der Waals surface area contributed by atoms with Gasteiger partial charge < -0.3 is 165 Å². The number of aliphatic hydroxyl groups excluding tert-OH is 17. The highest BCUT2D eigenvalue weighted by atomic mass is 16.8. The van der Waals surface area contributed by atoms with Crippen LogP contribution in [0.3, 0.4) is 0 Å². The highest BCUT2D eigenvalue weighted by Crippen LogP contribution is 2.40. The van der Waals surface area contributed by atoms with Crippen LogP contribution in [0.25, 0.3) is 0 Å². The summed E-state index contributed by atoms with van der Waals surface area (Å²) in [4.78, 5) is 62.5. The van der Waals surface area contributed by atoms with Gasteiger partial charge in [-0.3, -0.25) is 19.2 Å². The quantitative estimate of drug-likeness (QED) is 0.0452. The van der Waals surface area contributed by atoms with E-state index in [9.17, 15) is 116 Å². The third kappa shape index (κ3) is 15.6. The van der Waals surface area contributed by atoms with Crippen molar-refractivity contribution >= 4 is 29.6 Å².